The molecule has 0 saturated carbocycles. The van der Waals surface area contributed by atoms with E-state index in [2.05, 4.69) is 121 Å². The van der Waals surface area contributed by atoms with E-state index in [-0.39, 0.29) is 0 Å². The summed E-state index contributed by atoms with van der Waals surface area (Å²) in [5.74, 6) is 0. The molecule has 7 aromatic carbocycles. The normalized spacial score (nSPS) is 12.1. The largest absolute Gasteiger partial charge is 0.0622 e. The highest BCUT2D eigenvalue weighted by atomic mass is 14.3. The van der Waals surface area contributed by atoms with Crippen LogP contribution in [-0.4, -0.2) is 0 Å². The lowest BCUT2D eigenvalue weighted by Crippen LogP contribution is -1.84. The van der Waals surface area contributed by atoms with Gasteiger partial charge in [-0.1, -0.05) is 91.0 Å². The molecule has 0 atom stereocenters. The van der Waals surface area contributed by atoms with Crippen LogP contribution in [0, 0.1) is 0 Å². The van der Waals surface area contributed by atoms with Crippen molar-refractivity contribution in [1.82, 2.24) is 0 Å². The fourth-order valence-corrected chi connectivity index (χ4v) is 5.99. The molecule has 1 aliphatic rings. The zero-order valence-electron chi connectivity index (χ0n) is 18.5. The van der Waals surface area contributed by atoms with Gasteiger partial charge in [0.1, 0.15) is 0 Å². The van der Waals surface area contributed by atoms with Gasteiger partial charge in [-0.2, -0.15) is 0 Å². The fraction of sp³-hybridized carbons (Fsp3) is 0. The minimum Gasteiger partial charge on any atom is -0.0622 e. The maximum Gasteiger partial charge on any atom is -0.00199 e. The van der Waals surface area contributed by atoms with E-state index in [4.69, 9.17) is 0 Å². The van der Waals surface area contributed by atoms with E-state index in [1.807, 2.05) is 0 Å². The van der Waals surface area contributed by atoms with Crippen molar-refractivity contribution < 1.29 is 0 Å². The molecule has 0 amide bonds. The Morgan fingerprint density at radius 2 is 0.912 bits per heavy atom. The van der Waals surface area contributed by atoms with E-state index >= 15 is 0 Å². The Morgan fingerprint density at radius 3 is 1.82 bits per heavy atom. The predicted molar refractivity (Wildman–Crippen MR) is 146 cm³/mol. The van der Waals surface area contributed by atoms with Crippen molar-refractivity contribution >= 4 is 43.1 Å². The van der Waals surface area contributed by atoms with E-state index in [0.717, 1.165) is 0 Å². The second-order valence-corrected chi connectivity index (χ2v) is 9.36. The fourth-order valence-electron chi connectivity index (χ4n) is 5.99. The minimum absolute atomic E-state index is 1.26. The second-order valence-electron chi connectivity index (χ2n) is 9.36. The number of benzene rings is 7. The molecule has 0 bridgehead atoms. The lowest BCUT2D eigenvalue weighted by atomic mass is 9.93. The first-order chi connectivity index (χ1) is 16.8. The van der Waals surface area contributed by atoms with Crippen molar-refractivity contribution in [2.75, 3.05) is 0 Å². The van der Waals surface area contributed by atoms with Crippen LogP contribution in [0.4, 0.5) is 0 Å². The molecule has 0 fully saturated rings. The van der Waals surface area contributed by atoms with Gasteiger partial charge in [-0.05, 0) is 107 Å². The van der Waals surface area contributed by atoms with Gasteiger partial charge in [0.2, 0.25) is 0 Å². The van der Waals surface area contributed by atoms with Crippen LogP contribution in [0.15, 0.2) is 121 Å². The molecule has 0 aromatic heterocycles. The Kier molecular flexibility index (Phi) is 3.48. The van der Waals surface area contributed by atoms with E-state index in [0.29, 0.717) is 0 Å². The van der Waals surface area contributed by atoms with Gasteiger partial charge in [-0.25, -0.2) is 0 Å². The summed E-state index contributed by atoms with van der Waals surface area (Å²) in [6, 6.07) is 44.8. The molecule has 0 spiro atoms. The van der Waals surface area contributed by atoms with E-state index in [1.54, 1.807) is 0 Å². The third-order valence-corrected chi connectivity index (χ3v) is 7.52. The molecule has 0 saturated heterocycles. The molecule has 0 N–H and O–H groups in total. The molecule has 0 heteroatoms. The molecule has 0 radical (unpaired) electrons. The van der Waals surface area contributed by atoms with Crippen molar-refractivity contribution in [3.05, 3.63) is 121 Å². The Bertz CT molecular complexity index is 1940. The van der Waals surface area contributed by atoms with E-state index in [1.165, 1.54) is 76.5 Å². The molecule has 0 nitrogen and oxygen atoms in total. The zero-order chi connectivity index (χ0) is 22.2. The Morgan fingerprint density at radius 1 is 0.294 bits per heavy atom. The second kappa shape index (κ2) is 6.56. The zero-order valence-corrected chi connectivity index (χ0v) is 18.5. The molecule has 34 heavy (non-hydrogen) atoms. The Balaban J connectivity index is 1.46. The van der Waals surface area contributed by atoms with E-state index < -0.39 is 0 Å². The summed E-state index contributed by atoms with van der Waals surface area (Å²) in [5, 5.41) is 10.6. The van der Waals surface area contributed by atoms with Crippen molar-refractivity contribution in [1.29, 1.82) is 0 Å². The SMILES string of the molecule is c1ccc(-c2cccc3cc4cc5c(cc4cc23)-c2cc3ccccc3c3cccc-5c23)cc1. The number of rotatable bonds is 1. The van der Waals surface area contributed by atoms with Crippen LogP contribution in [0.2, 0.25) is 0 Å². The summed E-state index contributed by atoms with van der Waals surface area (Å²) in [6.07, 6.45) is 0. The topological polar surface area (TPSA) is 0 Å². The maximum atomic E-state index is 2.41. The number of fused-ring (bicyclic) bond motifs is 7. The molecule has 1 aliphatic carbocycles. The van der Waals surface area contributed by atoms with Crippen molar-refractivity contribution in [2.24, 2.45) is 0 Å². The molecule has 0 unspecified atom stereocenters. The molecule has 8 rings (SSSR count). The van der Waals surface area contributed by atoms with Gasteiger partial charge < -0.3 is 0 Å². The predicted octanol–water partition coefficient (Wildman–Crippen LogP) is 9.61. The maximum absolute atomic E-state index is 2.41. The molecule has 156 valence electrons. The molecule has 0 heterocycles. The number of hydrogen-bond acceptors (Lipinski definition) is 0. The molecule has 7 aromatic rings. The molecule has 0 aliphatic heterocycles. The Labute approximate surface area is 197 Å². The summed E-state index contributed by atoms with van der Waals surface area (Å²) in [4.78, 5) is 0. The van der Waals surface area contributed by atoms with Gasteiger partial charge in [0.15, 0.2) is 0 Å². The van der Waals surface area contributed by atoms with Gasteiger partial charge in [0.25, 0.3) is 0 Å². The van der Waals surface area contributed by atoms with Gasteiger partial charge in [-0.15, -0.1) is 0 Å². The lowest BCUT2D eigenvalue weighted by molar-refractivity contribution is 1.66. The quantitative estimate of drug-likeness (QED) is 0.180. The summed E-state index contributed by atoms with van der Waals surface area (Å²) in [7, 11) is 0. The van der Waals surface area contributed by atoms with Crippen LogP contribution in [0.3, 0.4) is 0 Å². The third kappa shape index (κ3) is 2.37. The van der Waals surface area contributed by atoms with Gasteiger partial charge in [0.05, 0.1) is 0 Å². The first-order valence-electron chi connectivity index (χ1n) is 11.9. The smallest absolute Gasteiger partial charge is 0.00199 e. The highest BCUT2D eigenvalue weighted by Crippen LogP contribution is 2.50. The average Bonchev–Trinajstić information content (AvgIpc) is 3.20. The highest BCUT2D eigenvalue weighted by molar-refractivity contribution is 6.24. The van der Waals surface area contributed by atoms with Crippen LogP contribution in [0.1, 0.15) is 0 Å². The van der Waals surface area contributed by atoms with Crippen molar-refractivity contribution in [3.8, 4) is 33.4 Å². The van der Waals surface area contributed by atoms with Crippen LogP contribution < -0.4 is 0 Å². The van der Waals surface area contributed by atoms with E-state index in [9.17, 15) is 0 Å². The standard InChI is InChI=1S/C34H20/c1-2-8-21(9-3-1)26-13-6-11-22-16-24-19-31-29-15-7-14-28-27-12-5-4-10-23(27)17-33(34(28)29)32(31)20-25(24)18-30(22)26/h1-20H. The van der Waals surface area contributed by atoms with Gasteiger partial charge >= 0.3 is 0 Å². The third-order valence-electron chi connectivity index (χ3n) is 7.52. The van der Waals surface area contributed by atoms with Crippen LogP contribution >= 0.6 is 0 Å². The summed E-state index contributed by atoms with van der Waals surface area (Å²) in [6.45, 7) is 0. The molecular formula is C34H20. The first kappa shape index (κ1) is 18.1. The van der Waals surface area contributed by atoms with Crippen LogP contribution in [-0.2, 0) is 0 Å². The van der Waals surface area contributed by atoms with Gasteiger partial charge in [-0.3, -0.25) is 0 Å². The summed E-state index contributed by atoms with van der Waals surface area (Å²) < 4.78 is 0. The van der Waals surface area contributed by atoms with Crippen LogP contribution in [0.25, 0.3) is 76.5 Å². The summed E-state index contributed by atoms with van der Waals surface area (Å²) >= 11 is 0. The van der Waals surface area contributed by atoms with Crippen molar-refractivity contribution in [2.45, 2.75) is 0 Å². The highest BCUT2D eigenvalue weighted by Gasteiger charge is 2.23. The average molecular weight is 429 g/mol. The minimum atomic E-state index is 1.26. The van der Waals surface area contributed by atoms with Gasteiger partial charge in [0, 0.05) is 0 Å². The number of hydrogen-bond donors (Lipinski definition) is 0. The lowest BCUT2D eigenvalue weighted by Gasteiger charge is -2.11. The van der Waals surface area contributed by atoms with Crippen LogP contribution in [0.5, 0.6) is 0 Å². The Hall–Kier alpha value is -4.42. The first-order valence-corrected chi connectivity index (χ1v) is 11.9. The summed E-state index contributed by atoms with van der Waals surface area (Å²) in [5.41, 5.74) is 7.96. The molecular weight excluding hydrogens is 408 g/mol. The monoisotopic (exact) mass is 428 g/mol. The van der Waals surface area contributed by atoms with Crippen molar-refractivity contribution in [3.63, 3.8) is 0 Å².